The summed E-state index contributed by atoms with van der Waals surface area (Å²) in [5, 5.41) is 0. The van der Waals surface area contributed by atoms with Crippen LogP contribution >= 0.6 is 0 Å². The van der Waals surface area contributed by atoms with E-state index in [4.69, 9.17) is 0 Å². The Balaban J connectivity index is 2.39. The number of ketones is 1. The highest BCUT2D eigenvalue weighted by molar-refractivity contribution is 5.92. The van der Waals surface area contributed by atoms with Crippen molar-refractivity contribution >= 4 is 5.78 Å². The van der Waals surface area contributed by atoms with Crippen molar-refractivity contribution in [2.75, 3.05) is 0 Å². The SMILES string of the molecule is CC(=O)c1ccc(-c2ccc(C)c(C)c2)cn1. The summed E-state index contributed by atoms with van der Waals surface area (Å²) in [5.74, 6) is -0.00311. The van der Waals surface area contributed by atoms with Gasteiger partial charge in [0.05, 0.1) is 0 Å². The molecule has 86 valence electrons. The summed E-state index contributed by atoms with van der Waals surface area (Å²) in [6.07, 6.45) is 1.75. The predicted molar refractivity (Wildman–Crippen MR) is 69.2 cm³/mol. The Morgan fingerprint density at radius 3 is 2.24 bits per heavy atom. The van der Waals surface area contributed by atoms with Gasteiger partial charge < -0.3 is 0 Å². The van der Waals surface area contributed by atoms with Crippen molar-refractivity contribution in [2.45, 2.75) is 20.8 Å². The van der Waals surface area contributed by atoms with Crippen molar-refractivity contribution in [3.8, 4) is 11.1 Å². The number of aromatic nitrogens is 1. The number of pyridine rings is 1. The number of nitrogens with zero attached hydrogens (tertiary/aromatic N) is 1. The predicted octanol–water partition coefficient (Wildman–Crippen LogP) is 3.57. The maximum Gasteiger partial charge on any atom is 0.178 e. The summed E-state index contributed by atoms with van der Waals surface area (Å²) in [5.41, 5.74) is 5.23. The van der Waals surface area contributed by atoms with E-state index in [1.807, 2.05) is 6.07 Å². The monoisotopic (exact) mass is 225 g/mol. The molecule has 2 aromatic rings. The Bertz CT molecular complexity index is 556. The van der Waals surface area contributed by atoms with E-state index >= 15 is 0 Å². The molecule has 0 atom stereocenters. The van der Waals surface area contributed by atoms with Crippen LogP contribution in [0, 0.1) is 13.8 Å². The van der Waals surface area contributed by atoms with E-state index in [1.54, 1.807) is 12.3 Å². The molecule has 0 aliphatic heterocycles. The van der Waals surface area contributed by atoms with E-state index in [0.29, 0.717) is 5.69 Å². The fourth-order valence-corrected chi connectivity index (χ4v) is 1.69. The van der Waals surface area contributed by atoms with Gasteiger partial charge in [0.1, 0.15) is 5.69 Å². The highest BCUT2D eigenvalue weighted by Gasteiger charge is 2.03. The van der Waals surface area contributed by atoms with Crippen LogP contribution < -0.4 is 0 Å². The molecule has 1 aromatic carbocycles. The minimum atomic E-state index is -0.00311. The summed E-state index contributed by atoms with van der Waals surface area (Å²) in [6.45, 7) is 5.71. The molecule has 0 unspecified atom stereocenters. The molecule has 0 N–H and O–H groups in total. The number of hydrogen-bond donors (Lipinski definition) is 0. The normalized spacial score (nSPS) is 10.3. The topological polar surface area (TPSA) is 30.0 Å². The number of aryl methyl sites for hydroxylation is 2. The van der Waals surface area contributed by atoms with Gasteiger partial charge >= 0.3 is 0 Å². The maximum absolute atomic E-state index is 11.1. The summed E-state index contributed by atoms with van der Waals surface area (Å²) < 4.78 is 0. The summed E-state index contributed by atoms with van der Waals surface area (Å²) in [6, 6.07) is 10.0. The van der Waals surface area contributed by atoms with Gasteiger partial charge in [-0.2, -0.15) is 0 Å². The van der Waals surface area contributed by atoms with E-state index < -0.39 is 0 Å². The van der Waals surface area contributed by atoms with Crippen LogP contribution in [0.3, 0.4) is 0 Å². The van der Waals surface area contributed by atoms with Gasteiger partial charge in [-0.1, -0.05) is 24.3 Å². The lowest BCUT2D eigenvalue weighted by Crippen LogP contribution is -1.95. The van der Waals surface area contributed by atoms with Gasteiger partial charge in [0.2, 0.25) is 0 Å². The highest BCUT2D eigenvalue weighted by Crippen LogP contribution is 2.21. The Hall–Kier alpha value is -1.96. The van der Waals surface area contributed by atoms with E-state index in [1.165, 1.54) is 18.1 Å². The zero-order valence-corrected chi connectivity index (χ0v) is 10.3. The molecule has 0 bridgehead atoms. The molecule has 17 heavy (non-hydrogen) atoms. The van der Waals surface area contributed by atoms with Crippen LogP contribution in [-0.2, 0) is 0 Å². The second kappa shape index (κ2) is 4.50. The molecule has 0 aliphatic carbocycles. The van der Waals surface area contributed by atoms with Gasteiger partial charge in [0.25, 0.3) is 0 Å². The second-order valence-corrected chi connectivity index (χ2v) is 4.29. The molecule has 0 amide bonds. The van der Waals surface area contributed by atoms with Crippen LogP contribution in [0.1, 0.15) is 28.5 Å². The van der Waals surface area contributed by atoms with Crippen molar-refractivity contribution in [1.82, 2.24) is 4.98 Å². The van der Waals surface area contributed by atoms with Gasteiger partial charge in [-0.25, -0.2) is 0 Å². The molecule has 1 aromatic heterocycles. The average molecular weight is 225 g/mol. The second-order valence-electron chi connectivity index (χ2n) is 4.29. The standard InChI is InChI=1S/C15H15NO/c1-10-4-5-13(8-11(10)2)14-6-7-15(12(3)17)16-9-14/h4-9H,1-3H3. The van der Waals surface area contributed by atoms with Gasteiger partial charge in [0, 0.05) is 18.7 Å². The van der Waals surface area contributed by atoms with Crippen molar-refractivity contribution in [1.29, 1.82) is 0 Å². The number of carbonyl (C=O) groups excluding carboxylic acids is 1. The Morgan fingerprint density at radius 1 is 1.00 bits per heavy atom. The van der Waals surface area contributed by atoms with Gasteiger partial charge in [-0.3, -0.25) is 9.78 Å². The van der Waals surface area contributed by atoms with Crippen molar-refractivity contribution in [2.24, 2.45) is 0 Å². The number of rotatable bonds is 2. The zero-order chi connectivity index (χ0) is 12.4. The molecule has 0 spiro atoms. The zero-order valence-electron chi connectivity index (χ0n) is 10.3. The van der Waals surface area contributed by atoms with Crippen LogP contribution in [0.2, 0.25) is 0 Å². The van der Waals surface area contributed by atoms with Crippen molar-refractivity contribution in [3.05, 3.63) is 53.3 Å². The fourth-order valence-electron chi connectivity index (χ4n) is 1.69. The van der Waals surface area contributed by atoms with Crippen LogP contribution in [0.25, 0.3) is 11.1 Å². The van der Waals surface area contributed by atoms with E-state index in [0.717, 1.165) is 11.1 Å². The van der Waals surface area contributed by atoms with Gasteiger partial charge in [-0.15, -0.1) is 0 Å². The molecule has 0 saturated carbocycles. The molecular weight excluding hydrogens is 210 g/mol. The van der Waals surface area contributed by atoms with Gasteiger partial charge in [0.15, 0.2) is 5.78 Å². The number of benzene rings is 1. The van der Waals surface area contributed by atoms with E-state index in [9.17, 15) is 4.79 Å². The molecule has 0 aliphatic rings. The Labute approximate surface area is 101 Å². The largest absolute Gasteiger partial charge is 0.293 e. The summed E-state index contributed by atoms with van der Waals surface area (Å²) >= 11 is 0. The van der Waals surface area contributed by atoms with Gasteiger partial charge in [-0.05, 0) is 36.6 Å². The molecule has 0 saturated heterocycles. The van der Waals surface area contributed by atoms with Crippen LogP contribution in [0.4, 0.5) is 0 Å². The molecule has 2 rings (SSSR count). The first kappa shape index (κ1) is 11.5. The number of carbonyl (C=O) groups is 1. The Morgan fingerprint density at radius 2 is 1.71 bits per heavy atom. The molecule has 2 nitrogen and oxygen atoms in total. The molecule has 0 radical (unpaired) electrons. The first-order valence-electron chi connectivity index (χ1n) is 5.62. The van der Waals surface area contributed by atoms with Crippen LogP contribution in [-0.4, -0.2) is 10.8 Å². The molecule has 0 fully saturated rings. The first-order chi connectivity index (χ1) is 8.08. The highest BCUT2D eigenvalue weighted by atomic mass is 16.1. The number of hydrogen-bond acceptors (Lipinski definition) is 2. The minimum Gasteiger partial charge on any atom is -0.293 e. The minimum absolute atomic E-state index is 0.00311. The molecular formula is C15H15NO. The summed E-state index contributed by atoms with van der Waals surface area (Å²) in [4.78, 5) is 15.3. The lowest BCUT2D eigenvalue weighted by Gasteiger charge is -2.05. The fraction of sp³-hybridized carbons (Fsp3) is 0.200. The van der Waals surface area contributed by atoms with Crippen molar-refractivity contribution in [3.63, 3.8) is 0 Å². The van der Waals surface area contributed by atoms with Crippen LogP contribution in [0.5, 0.6) is 0 Å². The summed E-state index contributed by atoms with van der Waals surface area (Å²) in [7, 11) is 0. The first-order valence-corrected chi connectivity index (χ1v) is 5.62. The van der Waals surface area contributed by atoms with Crippen LogP contribution in [0.15, 0.2) is 36.5 Å². The third-order valence-corrected chi connectivity index (χ3v) is 2.96. The van der Waals surface area contributed by atoms with E-state index in [2.05, 4.69) is 37.0 Å². The smallest absolute Gasteiger partial charge is 0.178 e. The number of Topliss-reactive ketones (excluding diaryl/α,β-unsaturated/α-hetero) is 1. The molecule has 1 heterocycles. The maximum atomic E-state index is 11.1. The third-order valence-electron chi connectivity index (χ3n) is 2.96. The van der Waals surface area contributed by atoms with Crippen molar-refractivity contribution < 1.29 is 4.79 Å². The Kier molecular flexibility index (Phi) is 3.05. The lowest BCUT2D eigenvalue weighted by molar-refractivity contribution is 0.101. The lowest BCUT2D eigenvalue weighted by atomic mass is 10.0. The van der Waals surface area contributed by atoms with E-state index in [-0.39, 0.29) is 5.78 Å². The average Bonchev–Trinajstić information content (AvgIpc) is 2.33. The molecule has 2 heteroatoms. The quantitative estimate of drug-likeness (QED) is 0.731. The third kappa shape index (κ3) is 2.41.